The molecule has 1 saturated heterocycles. The summed E-state index contributed by atoms with van der Waals surface area (Å²) in [7, 11) is 1.39. The molecular weight excluding hydrogens is 450 g/mol. The van der Waals surface area contributed by atoms with Crippen molar-refractivity contribution in [3.63, 3.8) is 0 Å². The molecule has 3 heterocycles. The van der Waals surface area contributed by atoms with Gasteiger partial charge in [-0.05, 0) is 61.7 Å². The molecule has 0 aromatic heterocycles. The number of fused-ring (bicyclic) bond motifs is 2. The lowest BCUT2D eigenvalue weighted by Gasteiger charge is -2.30. The summed E-state index contributed by atoms with van der Waals surface area (Å²) < 4.78 is 15.8. The molecule has 9 heteroatoms. The van der Waals surface area contributed by atoms with Crippen molar-refractivity contribution in [3.8, 4) is 11.5 Å². The van der Waals surface area contributed by atoms with E-state index in [0.717, 1.165) is 24.0 Å². The van der Waals surface area contributed by atoms with E-state index >= 15 is 0 Å². The molecule has 2 aromatic rings. The molecule has 3 aliphatic heterocycles. The minimum absolute atomic E-state index is 0.0165. The van der Waals surface area contributed by atoms with Gasteiger partial charge in [0, 0.05) is 29.9 Å². The highest BCUT2D eigenvalue weighted by atomic mass is 16.7. The maximum Gasteiger partial charge on any atom is 0.319 e. The molecule has 0 radical (unpaired) electrons. The minimum Gasteiger partial charge on any atom is -0.468 e. The molecule has 35 heavy (non-hydrogen) atoms. The third-order valence-corrected chi connectivity index (χ3v) is 6.69. The number of carbonyl (C=O) groups is 3. The van der Waals surface area contributed by atoms with E-state index in [-0.39, 0.29) is 37.0 Å². The first-order valence-corrected chi connectivity index (χ1v) is 11.7. The smallest absolute Gasteiger partial charge is 0.319 e. The fraction of sp³-hybridized carbons (Fsp3) is 0.385. The fourth-order valence-electron chi connectivity index (χ4n) is 4.77. The number of esters is 1. The Morgan fingerprint density at radius 1 is 1.09 bits per heavy atom. The van der Waals surface area contributed by atoms with Crippen LogP contribution in [0.5, 0.6) is 11.5 Å². The van der Waals surface area contributed by atoms with E-state index in [1.807, 2.05) is 18.2 Å². The van der Waals surface area contributed by atoms with Gasteiger partial charge in [0.1, 0.15) is 5.92 Å². The number of ether oxygens (including phenoxy) is 3. The normalized spacial score (nSPS) is 19.9. The van der Waals surface area contributed by atoms with E-state index in [4.69, 9.17) is 19.2 Å². The van der Waals surface area contributed by atoms with Crippen molar-refractivity contribution in [1.29, 1.82) is 0 Å². The van der Waals surface area contributed by atoms with Gasteiger partial charge < -0.3 is 19.5 Å². The van der Waals surface area contributed by atoms with Crippen molar-refractivity contribution in [2.24, 2.45) is 4.99 Å². The van der Waals surface area contributed by atoms with Crippen LogP contribution in [-0.4, -0.2) is 67.9 Å². The number of amides is 1. The number of nitrogens with one attached hydrogen (secondary N) is 1. The highest BCUT2D eigenvalue weighted by Gasteiger charge is 2.37. The van der Waals surface area contributed by atoms with Crippen LogP contribution in [-0.2, 0) is 14.3 Å². The van der Waals surface area contributed by atoms with Crippen LogP contribution in [0.3, 0.4) is 0 Å². The number of anilines is 1. The number of aliphatic imine (C=N–C) groups is 1. The summed E-state index contributed by atoms with van der Waals surface area (Å²) in [5.74, 6) is 0.107. The van der Waals surface area contributed by atoms with Gasteiger partial charge in [-0.25, -0.2) is 0 Å². The predicted octanol–water partition coefficient (Wildman–Crippen LogP) is 2.78. The summed E-state index contributed by atoms with van der Waals surface area (Å²) >= 11 is 0. The zero-order valence-corrected chi connectivity index (χ0v) is 19.7. The minimum atomic E-state index is -0.655. The molecule has 0 bridgehead atoms. The highest BCUT2D eigenvalue weighted by molar-refractivity contribution is 6.24. The van der Waals surface area contributed by atoms with Crippen molar-refractivity contribution in [3.05, 3.63) is 53.1 Å². The van der Waals surface area contributed by atoms with Gasteiger partial charge in [0.05, 0.1) is 25.4 Å². The molecule has 9 nitrogen and oxygen atoms in total. The summed E-state index contributed by atoms with van der Waals surface area (Å²) in [6.45, 7) is 3.34. The second-order valence-corrected chi connectivity index (χ2v) is 8.95. The first-order chi connectivity index (χ1) is 16.9. The molecule has 1 fully saturated rings. The Labute approximate surface area is 203 Å². The number of benzene rings is 2. The number of likely N-dealkylation sites (tertiary alicyclic amines) is 1. The molecule has 1 N–H and O–H groups in total. The summed E-state index contributed by atoms with van der Waals surface area (Å²) in [5.41, 5.74) is 3.37. The van der Waals surface area contributed by atoms with Crippen LogP contribution >= 0.6 is 0 Å². The van der Waals surface area contributed by atoms with E-state index in [2.05, 4.69) is 10.2 Å². The molecule has 1 atom stereocenters. The zero-order valence-electron chi connectivity index (χ0n) is 19.7. The lowest BCUT2D eigenvalue weighted by atomic mass is 9.88. The number of ketones is 1. The van der Waals surface area contributed by atoms with Gasteiger partial charge in [0.2, 0.25) is 12.7 Å². The monoisotopic (exact) mass is 477 g/mol. The van der Waals surface area contributed by atoms with Gasteiger partial charge in [-0.3, -0.25) is 24.3 Å². The number of hydrogen-bond acceptors (Lipinski definition) is 8. The number of methoxy groups -OCH3 is 1. The standard InChI is InChI=1S/C26H27N3O6/c1-15(30)16-3-5-20-19(11-16)24(26(32)28-20)25(17-4-6-21-22(12-17)35-14-34-21)27-18-7-9-29(10-8-18)13-23(31)33-2/h3-6,11-12,18,24H,7-10,13-14H2,1-2H3,(H,28,32). The van der Waals surface area contributed by atoms with E-state index in [1.165, 1.54) is 14.0 Å². The third kappa shape index (κ3) is 4.64. The van der Waals surface area contributed by atoms with E-state index in [9.17, 15) is 14.4 Å². The molecule has 2 aromatic carbocycles. The Kier molecular flexibility index (Phi) is 6.25. The molecule has 0 spiro atoms. The van der Waals surface area contributed by atoms with Crippen molar-refractivity contribution < 1.29 is 28.6 Å². The lowest BCUT2D eigenvalue weighted by molar-refractivity contribution is -0.142. The van der Waals surface area contributed by atoms with Crippen molar-refractivity contribution >= 4 is 29.1 Å². The number of Topliss-reactive ketones (excluding diaryl/α,β-unsaturated/α-hetero) is 1. The van der Waals surface area contributed by atoms with Gasteiger partial charge in [0.15, 0.2) is 17.3 Å². The number of piperidine rings is 1. The predicted molar refractivity (Wildman–Crippen MR) is 128 cm³/mol. The van der Waals surface area contributed by atoms with E-state index in [0.29, 0.717) is 41.6 Å². The first kappa shape index (κ1) is 23.0. The Hall–Kier alpha value is -3.72. The Balaban J connectivity index is 1.50. The van der Waals surface area contributed by atoms with Crippen LogP contribution in [0.25, 0.3) is 0 Å². The lowest BCUT2D eigenvalue weighted by Crippen LogP contribution is -2.39. The number of carbonyl (C=O) groups excluding carboxylic acids is 3. The van der Waals surface area contributed by atoms with Crippen molar-refractivity contribution in [1.82, 2.24) is 4.90 Å². The topological polar surface area (TPSA) is 107 Å². The van der Waals surface area contributed by atoms with Gasteiger partial charge in [-0.2, -0.15) is 0 Å². The molecular formula is C26H27N3O6. The molecule has 182 valence electrons. The van der Waals surface area contributed by atoms with Crippen molar-refractivity contribution in [2.75, 3.05) is 38.9 Å². The van der Waals surface area contributed by atoms with Gasteiger partial charge in [-0.15, -0.1) is 0 Å². The molecule has 5 rings (SSSR count). The average Bonchev–Trinajstić information content (AvgIpc) is 3.46. The number of nitrogens with zero attached hydrogens (tertiary/aromatic N) is 2. The molecule has 0 aliphatic carbocycles. The van der Waals surface area contributed by atoms with Crippen LogP contribution in [0.1, 0.15) is 47.2 Å². The molecule has 0 saturated carbocycles. The zero-order chi connectivity index (χ0) is 24.5. The second kappa shape index (κ2) is 9.50. The van der Waals surface area contributed by atoms with Crippen molar-refractivity contribution in [2.45, 2.75) is 31.7 Å². The summed E-state index contributed by atoms with van der Waals surface area (Å²) in [6, 6.07) is 10.8. The Bertz CT molecular complexity index is 1220. The maximum absolute atomic E-state index is 13.2. The van der Waals surface area contributed by atoms with Crippen LogP contribution < -0.4 is 14.8 Å². The maximum atomic E-state index is 13.2. The molecule has 3 aliphatic rings. The molecule has 1 amide bonds. The molecule has 1 unspecified atom stereocenters. The summed E-state index contributed by atoms with van der Waals surface area (Å²) in [6.07, 6.45) is 1.50. The summed E-state index contributed by atoms with van der Waals surface area (Å²) in [4.78, 5) is 44.1. The first-order valence-electron chi connectivity index (χ1n) is 11.7. The van der Waals surface area contributed by atoms with Crippen LogP contribution in [0.2, 0.25) is 0 Å². The van der Waals surface area contributed by atoms with Gasteiger partial charge in [-0.1, -0.05) is 0 Å². The third-order valence-electron chi connectivity index (χ3n) is 6.69. The van der Waals surface area contributed by atoms with Crippen LogP contribution in [0.4, 0.5) is 5.69 Å². The second-order valence-electron chi connectivity index (χ2n) is 8.95. The Morgan fingerprint density at radius 3 is 2.57 bits per heavy atom. The van der Waals surface area contributed by atoms with E-state index < -0.39 is 5.92 Å². The van der Waals surface area contributed by atoms with Gasteiger partial charge in [0.25, 0.3) is 0 Å². The van der Waals surface area contributed by atoms with E-state index in [1.54, 1.807) is 18.2 Å². The fourth-order valence-corrected chi connectivity index (χ4v) is 4.77. The highest BCUT2D eigenvalue weighted by Crippen LogP contribution is 2.39. The summed E-state index contributed by atoms with van der Waals surface area (Å²) in [5, 5.41) is 2.94. The largest absolute Gasteiger partial charge is 0.468 e. The number of rotatable bonds is 6. The van der Waals surface area contributed by atoms with Gasteiger partial charge >= 0.3 is 5.97 Å². The SMILES string of the molecule is COC(=O)CN1CCC(N=C(c2ccc3c(c2)OCO3)C2C(=O)Nc3ccc(C(C)=O)cc32)CC1. The Morgan fingerprint density at radius 2 is 1.83 bits per heavy atom. The average molecular weight is 478 g/mol. The van der Waals surface area contributed by atoms with Crippen LogP contribution in [0.15, 0.2) is 41.4 Å². The van der Waals surface area contributed by atoms with Crippen LogP contribution in [0, 0.1) is 0 Å². The quantitative estimate of drug-likeness (QED) is 0.387. The number of hydrogen-bond donors (Lipinski definition) is 1.